The predicted molar refractivity (Wildman–Crippen MR) is 95.1 cm³/mol. The van der Waals surface area contributed by atoms with Gasteiger partial charge < -0.3 is 10.5 Å². The van der Waals surface area contributed by atoms with E-state index in [4.69, 9.17) is 10.5 Å². The summed E-state index contributed by atoms with van der Waals surface area (Å²) in [4.78, 5) is 23.2. The third-order valence-electron chi connectivity index (χ3n) is 4.80. The van der Waals surface area contributed by atoms with Gasteiger partial charge in [0.05, 0.1) is 0 Å². The Balaban J connectivity index is 1.93. The highest BCUT2D eigenvalue weighted by atomic mass is 16.5. The van der Waals surface area contributed by atoms with Crippen LogP contribution in [0.25, 0.3) is 11.1 Å². The molecule has 6 heteroatoms. The van der Waals surface area contributed by atoms with E-state index in [2.05, 4.69) is 9.98 Å². The molecular formula is C19H20N4O2. The normalized spacial score (nSPS) is 24.0. The zero-order chi connectivity index (χ0) is 17.8. The summed E-state index contributed by atoms with van der Waals surface area (Å²) in [5, 5.41) is 0. The number of likely N-dealkylation sites (N-methyl/N-ethyl adjacent to an activating group) is 1. The fourth-order valence-corrected chi connectivity index (χ4v) is 3.69. The van der Waals surface area contributed by atoms with Crippen LogP contribution in [0, 0.1) is 0 Å². The quantitative estimate of drug-likeness (QED) is 0.866. The summed E-state index contributed by atoms with van der Waals surface area (Å²) in [6.07, 6.45) is 3.96. The number of benzene rings is 1. The number of aliphatic imine (C=N–C) groups is 1. The van der Waals surface area contributed by atoms with Gasteiger partial charge in [0.1, 0.15) is 11.4 Å². The number of carbonyl (C=O) groups is 1. The number of nitrogens with zero attached hydrogens (tertiary/aromatic N) is 3. The van der Waals surface area contributed by atoms with E-state index in [1.807, 2.05) is 44.2 Å². The molecular weight excluding hydrogens is 316 g/mol. The van der Waals surface area contributed by atoms with E-state index >= 15 is 0 Å². The van der Waals surface area contributed by atoms with E-state index in [-0.39, 0.29) is 11.9 Å². The van der Waals surface area contributed by atoms with Crippen molar-refractivity contribution in [2.45, 2.75) is 31.4 Å². The van der Waals surface area contributed by atoms with Crippen LogP contribution in [0.4, 0.5) is 0 Å². The van der Waals surface area contributed by atoms with Crippen molar-refractivity contribution in [1.82, 2.24) is 9.88 Å². The summed E-state index contributed by atoms with van der Waals surface area (Å²) in [5.41, 5.74) is 7.11. The number of carbonyl (C=O) groups excluding carboxylic acids is 1. The Kier molecular flexibility index (Phi) is 3.16. The average Bonchev–Trinajstić information content (AvgIpc) is 2.79. The first-order chi connectivity index (χ1) is 11.8. The lowest BCUT2D eigenvalue weighted by molar-refractivity contribution is -0.133. The number of hydrogen-bond donors (Lipinski definition) is 1. The summed E-state index contributed by atoms with van der Waals surface area (Å²) in [6, 6.07) is 9.71. The van der Waals surface area contributed by atoms with Crippen LogP contribution in [0.2, 0.25) is 0 Å². The number of rotatable bonds is 1. The average molecular weight is 336 g/mol. The molecule has 2 aromatic rings. The number of pyridine rings is 1. The molecule has 0 bridgehead atoms. The number of amides is 1. The van der Waals surface area contributed by atoms with Gasteiger partial charge in [-0.1, -0.05) is 12.1 Å². The first-order valence-electron chi connectivity index (χ1n) is 8.20. The molecule has 6 nitrogen and oxygen atoms in total. The second kappa shape index (κ2) is 5.05. The summed E-state index contributed by atoms with van der Waals surface area (Å²) >= 11 is 0. The second-order valence-electron chi connectivity index (χ2n) is 7.19. The van der Waals surface area contributed by atoms with Gasteiger partial charge in [-0.25, -0.2) is 4.99 Å². The van der Waals surface area contributed by atoms with Gasteiger partial charge in [-0.15, -0.1) is 0 Å². The van der Waals surface area contributed by atoms with Gasteiger partial charge in [0.25, 0.3) is 5.91 Å². The monoisotopic (exact) mass is 336 g/mol. The van der Waals surface area contributed by atoms with Crippen LogP contribution in [0.5, 0.6) is 5.75 Å². The van der Waals surface area contributed by atoms with Gasteiger partial charge in [-0.05, 0) is 37.6 Å². The minimum absolute atomic E-state index is 0.119. The molecule has 1 amide bonds. The Hall–Kier alpha value is -2.89. The molecule has 2 aliphatic rings. The molecule has 1 aromatic carbocycles. The molecule has 2 N–H and O–H groups in total. The van der Waals surface area contributed by atoms with Gasteiger partial charge in [0.2, 0.25) is 0 Å². The topological polar surface area (TPSA) is 80.8 Å². The van der Waals surface area contributed by atoms with Gasteiger partial charge in [-0.3, -0.25) is 14.7 Å². The maximum absolute atomic E-state index is 13.1. The largest absolute Gasteiger partial charge is 0.487 e. The summed E-state index contributed by atoms with van der Waals surface area (Å²) < 4.78 is 6.12. The van der Waals surface area contributed by atoms with Crippen LogP contribution in [-0.2, 0) is 10.3 Å². The van der Waals surface area contributed by atoms with Gasteiger partial charge in [0, 0.05) is 37.0 Å². The molecule has 1 aromatic heterocycles. The maximum atomic E-state index is 13.1. The summed E-state index contributed by atoms with van der Waals surface area (Å²) in [6.45, 7) is 3.92. The molecule has 4 rings (SSSR count). The van der Waals surface area contributed by atoms with Crippen molar-refractivity contribution in [1.29, 1.82) is 0 Å². The fraction of sp³-hybridized carbons (Fsp3) is 0.316. The number of aromatic nitrogens is 1. The molecule has 2 aliphatic heterocycles. The standard InChI is InChI=1S/C19H20N4O2/c1-18(2)11-19(16(24)23(3)17(20)22-19)14-9-12(6-7-15(14)25-18)13-5-4-8-21-10-13/h4-10H,11H2,1-3H3,(H2,20,22). The molecule has 0 saturated heterocycles. The molecule has 0 saturated carbocycles. The highest BCUT2D eigenvalue weighted by Gasteiger charge is 2.55. The van der Waals surface area contributed by atoms with E-state index in [1.165, 1.54) is 4.90 Å². The van der Waals surface area contributed by atoms with Crippen molar-refractivity contribution in [3.8, 4) is 16.9 Å². The Morgan fingerprint density at radius 3 is 2.68 bits per heavy atom. The number of ether oxygens (including phenoxy) is 1. The molecule has 1 spiro atoms. The van der Waals surface area contributed by atoms with Crippen molar-refractivity contribution >= 4 is 11.9 Å². The highest BCUT2D eigenvalue weighted by Crippen LogP contribution is 2.49. The predicted octanol–water partition coefficient (Wildman–Crippen LogP) is 2.29. The number of nitrogens with two attached hydrogens (primary N) is 1. The van der Waals surface area contributed by atoms with Gasteiger partial charge >= 0.3 is 0 Å². The Morgan fingerprint density at radius 2 is 2.04 bits per heavy atom. The van der Waals surface area contributed by atoms with Crippen LogP contribution < -0.4 is 10.5 Å². The van der Waals surface area contributed by atoms with Crippen LogP contribution in [0.15, 0.2) is 47.7 Å². The Morgan fingerprint density at radius 1 is 1.24 bits per heavy atom. The third kappa shape index (κ3) is 2.28. The van der Waals surface area contributed by atoms with E-state index in [9.17, 15) is 4.79 Å². The van der Waals surface area contributed by atoms with Gasteiger partial charge in [-0.2, -0.15) is 0 Å². The lowest BCUT2D eigenvalue weighted by Gasteiger charge is -2.41. The van der Waals surface area contributed by atoms with E-state index in [1.54, 1.807) is 19.4 Å². The maximum Gasteiger partial charge on any atom is 0.261 e. The molecule has 0 radical (unpaired) electrons. The lowest BCUT2D eigenvalue weighted by Crippen LogP contribution is -2.49. The number of guanidine groups is 1. The first kappa shape index (κ1) is 15.6. The van der Waals surface area contributed by atoms with Gasteiger partial charge in [0.15, 0.2) is 11.5 Å². The van der Waals surface area contributed by atoms with Crippen LogP contribution in [-0.4, -0.2) is 34.4 Å². The summed E-state index contributed by atoms with van der Waals surface area (Å²) in [7, 11) is 1.66. The van der Waals surface area contributed by atoms with Crippen LogP contribution >= 0.6 is 0 Å². The zero-order valence-electron chi connectivity index (χ0n) is 14.5. The van der Waals surface area contributed by atoms with E-state index in [0.717, 1.165) is 16.7 Å². The smallest absolute Gasteiger partial charge is 0.261 e. The molecule has 1 atom stereocenters. The molecule has 0 aliphatic carbocycles. The van der Waals surface area contributed by atoms with Crippen molar-refractivity contribution in [3.05, 3.63) is 48.3 Å². The molecule has 0 fully saturated rings. The number of hydrogen-bond acceptors (Lipinski definition) is 5. The minimum atomic E-state index is -1.03. The fourth-order valence-electron chi connectivity index (χ4n) is 3.69. The Labute approximate surface area is 146 Å². The molecule has 128 valence electrons. The molecule has 3 heterocycles. The van der Waals surface area contributed by atoms with Crippen LogP contribution in [0.3, 0.4) is 0 Å². The SMILES string of the molecule is CN1C(=O)C2(CC(C)(C)Oc3ccc(-c4cccnc4)cc32)N=C1N. The number of fused-ring (bicyclic) bond motifs is 2. The second-order valence-corrected chi connectivity index (χ2v) is 7.19. The van der Waals surface area contributed by atoms with Crippen molar-refractivity contribution in [2.75, 3.05) is 7.05 Å². The summed E-state index contributed by atoms with van der Waals surface area (Å²) in [5.74, 6) is 0.787. The van der Waals surface area contributed by atoms with Crippen molar-refractivity contribution in [2.24, 2.45) is 10.7 Å². The molecule has 25 heavy (non-hydrogen) atoms. The first-order valence-corrected chi connectivity index (χ1v) is 8.20. The lowest BCUT2D eigenvalue weighted by atomic mass is 9.77. The van der Waals surface area contributed by atoms with Crippen molar-refractivity contribution in [3.63, 3.8) is 0 Å². The van der Waals surface area contributed by atoms with Crippen LogP contribution in [0.1, 0.15) is 25.8 Å². The minimum Gasteiger partial charge on any atom is -0.487 e. The Bertz CT molecular complexity index is 892. The highest BCUT2D eigenvalue weighted by molar-refractivity contribution is 6.07. The zero-order valence-corrected chi connectivity index (χ0v) is 14.5. The third-order valence-corrected chi connectivity index (χ3v) is 4.80. The van der Waals surface area contributed by atoms with Crippen molar-refractivity contribution < 1.29 is 9.53 Å². The van der Waals surface area contributed by atoms with E-state index < -0.39 is 11.1 Å². The van der Waals surface area contributed by atoms with E-state index in [0.29, 0.717) is 12.2 Å². The molecule has 1 unspecified atom stereocenters.